The molecule has 28 heavy (non-hydrogen) atoms. The molecule has 0 saturated carbocycles. The predicted molar refractivity (Wildman–Crippen MR) is 106 cm³/mol. The Morgan fingerprint density at radius 1 is 1.29 bits per heavy atom. The van der Waals surface area contributed by atoms with E-state index in [-0.39, 0.29) is 11.3 Å². The lowest BCUT2D eigenvalue weighted by Crippen LogP contribution is -2.43. The van der Waals surface area contributed by atoms with Crippen molar-refractivity contribution in [3.8, 4) is 0 Å². The van der Waals surface area contributed by atoms with Gasteiger partial charge in [0, 0.05) is 18.4 Å². The van der Waals surface area contributed by atoms with E-state index >= 15 is 0 Å². The van der Waals surface area contributed by atoms with Crippen LogP contribution >= 0.6 is 11.8 Å². The number of carbonyl (C=O) groups excluding carboxylic acids is 3. The lowest BCUT2D eigenvalue weighted by Gasteiger charge is -2.25. The zero-order chi connectivity index (χ0) is 20.3. The summed E-state index contributed by atoms with van der Waals surface area (Å²) in [4.78, 5) is 38.2. The fourth-order valence-corrected chi connectivity index (χ4v) is 4.51. The first-order valence-corrected chi connectivity index (χ1v) is 9.89. The molecule has 1 aliphatic heterocycles. The highest BCUT2D eigenvalue weighted by atomic mass is 32.2. The Morgan fingerprint density at radius 3 is 2.71 bits per heavy atom. The molecule has 2 aromatic rings. The van der Waals surface area contributed by atoms with E-state index in [2.05, 4.69) is 5.32 Å². The third-order valence-electron chi connectivity index (χ3n) is 4.42. The summed E-state index contributed by atoms with van der Waals surface area (Å²) in [5.74, 6) is -0.311. The topological polar surface area (TPSA) is 88.8 Å². The number of hydrogen-bond donors (Lipinski definition) is 1. The number of rotatable bonds is 5. The Morgan fingerprint density at radius 2 is 2.07 bits per heavy atom. The van der Waals surface area contributed by atoms with Gasteiger partial charge in [-0.05, 0) is 37.6 Å². The first-order valence-electron chi connectivity index (χ1n) is 8.84. The molecule has 8 heteroatoms. The van der Waals surface area contributed by atoms with E-state index in [0.29, 0.717) is 17.2 Å². The fourth-order valence-electron chi connectivity index (χ4n) is 3.10. The minimum atomic E-state index is -0.758. The van der Waals surface area contributed by atoms with Gasteiger partial charge in [0.2, 0.25) is 5.91 Å². The molecule has 1 saturated heterocycles. The van der Waals surface area contributed by atoms with Crippen molar-refractivity contribution in [2.75, 3.05) is 17.7 Å². The molecule has 1 N–H and O–H groups in total. The van der Waals surface area contributed by atoms with E-state index in [1.54, 1.807) is 12.1 Å². The van der Waals surface area contributed by atoms with Gasteiger partial charge in [0.1, 0.15) is 17.2 Å². The monoisotopic (exact) mass is 402 g/mol. The van der Waals surface area contributed by atoms with E-state index in [1.807, 2.05) is 32.0 Å². The second-order valence-corrected chi connectivity index (χ2v) is 7.73. The molecule has 0 bridgehead atoms. The number of benzene rings is 1. The van der Waals surface area contributed by atoms with Crippen LogP contribution < -0.4 is 5.32 Å². The van der Waals surface area contributed by atoms with Crippen LogP contribution in [0.5, 0.6) is 0 Å². The Kier molecular flexibility index (Phi) is 6.08. The molecule has 0 aliphatic carbocycles. The van der Waals surface area contributed by atoms with Gasteiger partial charge in [-0.25, -0.2) is 4.79 Å². The third-order valence-corrected chi connectivity index (χ3v) is 5.71. The van der Waals surface area contributed by atoms with Gasteiger partial charge >= 0.3 is 5.97 Å². The second-order valence-electron chi connectivity index (χ2n) is 6.62. The van der Waals surface area contributed by atoms with Gasteiger partial charge in [0.05, 0.1) is 6.26 Å². The van der Waals surface area contributed by atoms with Crippen LogP contribution in [0.25, 0.3) is 0 Å². The molecule has 3 rings (SSSR count). The molecule has 0 radical (unpaired) electrons. The van der Waals surface area contributed by atoms with Crippen molar-refractivity contribution in [1.29, 1.82) is 0 Å². The van der Waals surface area contributed by atoms with E-state index in [9.17, 15) is 14.4 Å². The number of thioether (sulfide) groups is 1. The van der Waals surface area contributed by atoms with Crippen molar-refractivity contribution in [1.82, 2.24) is 4.90 Å². The maximum Gasteiger partial charge on any atom is 0.330 e. The van der Waals surface area contributed by atoms with E-state index < -0.39 is 24.5 Å². The first-order chi connectivity index (χ1) is 13.4. The number of aryl methyl sites for hydroxylation is 2. The van der Waals surface area contributed by atoms with Crippen molar-refractivity contribution >= 4 is 35.2 Å². The second kappa shape index (κ2) is 8.52. The Hall–Kier alpha value is -2.74. The van der Waals surface area contributed by atoms with Crippen LogP contribution in [-0.4, -0.2) is 41.1 Å². The van der Waals surface area contributed by atoms with Crippen molar-refractivity contribution in [3.63, 3.8) is 0 Å². The summed E-state index contributed by atoms with van der Waals surface area (Å²) in [7, 11) is 0. The van der Waals surface area contributed by atoms with Crippen LogP contribution in [0.15, 0.2) is 41.0 Å². The number of nitrogens with zero attached hydrogens (tertiary/aromatic N) is 1. The zero-order valence-electron chi connectivity index (χ0n) is 15.9. The van der Waals surface area contributed by atoms with Crippen LogP contribution in [0.1, 0.15) is 29.2 Å². The van der Waals surface area contributed by atoms with Crippen LogP contribution in [-0.2, 0) is 19.1 Å². The number of carbonyl (C=O) groups is 3. The maximum absolute atomic E-state index is 12.5. The summed E-state index contributed by atoms with van der Waals surface area (Å²) in [5.41, 5.74) is 2.69. The minimum Gasteiger partial charge on any atom is -0.466 e. The van der Waals surface area contributed by atoms with Crippen LogP contribution in [0, 0.1) is 13.8 Å². The summed E-state index contributed by atoms with van der Waals surface area (Å²) in [6.45, 7) is 4.85. The lowest BCUT2D eigenvalue weighted by atomic mass is 10.1. The molecule has 148 valence electrons. The molecular weight excluding hydrogens is 380 g/mol. The summed E-state index contributed by atoms with van der Waals surface area (Å²) < 4.78 is 10.6. The molecule has 2 heterocycles. The number of esters is 1. The van der Waals surface area contributed by atoms with Crippen molar-refractivity contribution in [3.05, 3.63) is 53.5 Å². The molecule has 1 aliphatic rings. The molecule has 0 unspecified atom stereocenters. The van der Waals surface area contributed by atoms with E-state index in [0.717, 1.165) is 11.1 Å². The van der Waals surface area contributed by atoms with Crippen molar-refractivity contribution in [2.24, 2.45) is 0 Å². The predicted octanol–water partition coefficient (Wildman–Crippen LogP) is 3.04. The third kappa shape index (κ3) is 4.39. The number of nitrogens with one attached hydrogen (secondary N) is 1. The van der Waals surface area contributed by atoms with Gasteiger partial charge < -0.3 is 19.4 Å². The average molecular weight is 402 g/mol. The summed E-state index contributed by atoms with van der Waals surface area (Å²) in [5, 5.41) is 2.35. The lowest BCUT2D eigenvalue weighted by molar-refractivity contribution is -0.155. The number of amides is 2. The van der Waals surface area contributed by atoms with Gasteiger partial charge in [-0.1, -0.05) is 17.7 Å². The van der Waals surface area contributed by atoms with Crippen molar-refractivity contribution in [2.45, 2.75) is 32.2 Å². The number of hydrogen-bond acceptors (Lipinski definition) is 6. The number of ether oxygens (including phenoxy) is 1. The van der Waals surface area contributed by atoms with Gasteiger partial charge in [-0.3, -0.25) is 9.59 Å². The van der Waals surface area contributed by atoms with E-state index in [4.69, 9.17) is 9.15 Å². The summed E-state index contributed by atoms with van der Waals surface area (Å²) in [6, 6.07) is 8.40. The fraction of sp³-hybridized carbons (Fsp3) is 0.350. The minimum absolute atomic E-state index is 0.256. The van der Waals surface area contributed by atoms with Gasteiger partial charge in [0.25, 0.3) is 5.91 Å². The van der Waals surface area contributed by atoms with Crippen LogP contribution in [0.2, 0.25) is 0 Å². The first kappa shape index (κ1) is 20.0. The highest BCUT2D eigenvalue weighted by Crippen LogP contribution is 2.41. The largest absolute Gasteiger partial charge is 0.466 e. The molecule has 1 fully saturated rings. The Labute approximate surface area is 167 Å². The summed E-state index contributed by atoms with van der Waals surface area (Å²) in [6.07, 6.45) is 1.53. The van der Waals surface area contributed by atoms with Crippen LogP contribution in [0.4, 0.5) is 5.69 Å². The Bertz CT molecular complexity index is 881. The quantitative estimate of drug-likeness (QED) is 0.774. The SMILES string of the molecule is CC(=O)N1[C@@H](C(=O)OCC(=O)Nc2ccc(C)cc2C)CS[C@H]1c1ccco1. The van der Waals surface area contributed by atoms with Crippen molar-refractivity contribution < 1.29 is 23.5 Å². The standard InChI is InChI=1S/C20H22N2O5S/c1-12-6-7-15(13(2)9-12)21-18(24)10-27-20(25)16-11-28-19(22(16)14(3)23)17-5-4-8-26-17/h4-9,16,19H,10-11H2,1-3H3,(H,21,24)/t16-,19+/m1/s1. The molecule has 0 spiro atoms. The molecular formula is C20H22N2O5S. The average Bonchev–Trinajstić information content (AvgIpc) is 3.31. The Balaban J connectivity index is 1.59. The molecule has 2 atom stereocenters. The van der Waals surface area contributed by atoms with Gasteiger partial charge in [0.15, 0.2) is 6.61 Å². The van der Waals surface area contributed by atoms with Gasteiger partial charge in [-0.2, -0.15) is 0 Å². The van der Waals surface area contributed by atoms with Crippen LogP contribution in [0.3, 0.4) is 0 Å². The molecule has 1 aromatic carbocycles. The normalized spacial score (nSPS) is 18.8. The maximum atomic E-state index is 12.5. The number of furan rings is 1. The summed E-state index contributed by atoms with van der Waals surface area (Å²) >= 11 is 1.42. The van der Waals surface area contributed by atoms with E-state index in [1.165, 1.54) is 29.8 Å². The molecule has 2 amide bonds. The zero-order valence-corrected chi connectivity index (χ0v) is 16.7. The highest BCUT2D eigenvalue weighted by molar-refractivity contribution is 7.99. The van der Waals surface area contributed by atoms with Gasteiger partial charge in [-0.15, -0.1) is 11.8 Å². The molecule has 1 aromatic heterocycles. The highest BCUT2D eigenvalue weighted by Gasteiger charge is 2.43. The molecule has 7 nitrogen and oxygen atoms in total. The smallest absolute Gasteiger partial charge is 0.330 e. The number of anilines is 1.